The predicted octanol–water partition coefficient (Wildman–Crippen LogP) is -1.81. The quantitative estimate of drug-likeness (QED) is 0.387. The second kappa shape index (κ2) is 9.53. The van der Waals surface area contributed by atoms with Crippen LogP contribution in [0.5, 0.6) is 0 Å². The maximum absolute atomic E-state index is 13.0. The molecule has 10 nitrogen and oxygen atoms in total. The predicted molar refractivity (Wildman–Crippen MR) is 103 cm³/mol. The van der Waals surface area contributed by atoms with E-state index in [0.29, 0.717) is 32.4 Å². The highest BCUT2D eigenvalue weighted by molar-refractivity contribution is 5.91. The molecule has 2 saturated heterocycles. The Balaban J connectivity index is 1.98. The van der Waals surface area contributed by atoms with Crippen molar-refractivity contribution in [3.63, 3.8) is 0 Å². The summed E-state index contributed by atoms with van der Waals surface area (Å²) in [7, 11) is 0. The lowest BCUT2D eigenvalue weighted by atomic mass is 10.0. The number of carbonyl (C=O) groups is 4. The van der Waals surface area contributed by atoms with Gasteiger partial charge >= 0.3 is 0 Å². The van der Waals surface area contributed by atoms with E-state index in [-0.39, 0.29) is 18.4 Å². The third-order valence-corrected chi connectivity index (χ3v) is 5.89. The Morgan fingerprint density at radius 3 is 2.24 bits per heavy atom. The minimum absolute atomic E-state index is 0.181. The first-order valence-corrected chi connectivity index (χ1v) is 10.1. The SMILES string of the molecule is C[C@H](C(=O)N1CCC[C@H]1C(=O)N1CC[C@@H](C(=O)NC(C(N)=O)[C@@H](C)O)C1)[C@@H](C)O. The van der Waals surface area contributed by atoms with Crippen molar-refractivity contribution < 1.29 is 29.4 Å². The molecule has 0 aromatic heterocycles. The van der Waals surface area contributed by atoms with E-state index >= 15 is 0 Å². The number of aliphatic hydroxyl groups is 2. The fourth-order valence-corrected chi connectivity index (χ4v) is 3.84. The summed E-state index contributed by atoms with van der Waals surface area (Å²) < 4.78 is 0. The van der Waals surface area contributed by atoms with E-state index in [1.807, 2.05) is 0 Å². The molecule has 0 saturated carbocycles. The summed E-state index contributed by atoms with van der Waals surface area (Å²) in [6.07, 6.45) is -0.235. The van der Waals surface area contributed by atoms with Crippen LogP contribution in [0.4, 0.5) is 0 Å². The molecule has 2 aliphatic rings. The average Bonchev–Trinajstić information content (AvgIpc) is 3.32. The highest BCUT2D eigenvalue weighted by Crippen LogP contribution is 2.26. The summed E-state index contributed by atoms with van der Waals surface area (Å²) in [5.74, 6) is -2.82. The van der Waals surface area contributed by atoms with Crippen molar-refractivity contribution in [1.82, 2.24) is 15.1 Å². The van der Waals surface area contributed by atoms with Crippen LogP contribution in [-0.2, 0) is 19.2 Å². The van der Waals surface area contributed by atoms with Crippen LogP contribution in [-0.4, -0.2) is 87.6 Å². The van der Waals surface area contributed by atoms with Crippen molar-refractivity contribution in [3.8, 4) is 0 Å². The molecule has 0 bridgehead atoms. The molecule has 1 unspecified atom stereocenters. The van der Waals surface area contributed by atoms with Crippen LogP contribution in [0.25, 0.3) is 0 Å². The van der Waals surface area contributed by atoms with E-state index in [4.69, 9.17) is 5.73 Å². The Bertz CT molecular complexity index is 653. The van der Waals surface area contributed by atoms with Crippen LogP contribution in [0, 0.1) is 11.8 Å². The molecule has 6 atom stereocenters. The smallest absolute Gasteiger partial charge is 0.245 e. The molecule has 0 spiro atoms. The minimum Gasteiger partial charge on any atom is -0.393 e. The Kier molecular flexibility index (Phi) is 7.59. The third-order valence-electron chi connectivity index (χ3n) is 5.89. The molecule has 0 radical (unpaired) electrons. The monoisotopic (exact) mass is 412 g/mol. The molecule has 2 heterocycles. The number of nitrogens with two attached hydrogens (primary N) is 1. The van der Waals surface area contributed by atoms with Crippen LogP contribution < -0.4 is 11.1 Å². The fourth-order valence-electron chi connectivity index (χ4n) is 3.84. The van der Waals surface area contributed by atoms with Crippen molar-refractivity contribution in [1.29, 1.82) is 0 Å². The lowest BCUT2D eigenvalue weighted by molar-refractivity contribution is -0.147. The molecule has 4 amide bonds. The van der Waals surface area contributed by atoms with Crippen molar-refractivity contribution in [2.75, 3.05) is 19.6 Å². The number of likely N-dealkylation sites (tertiary alicyclic amines) is 2. The first kappa shape index (κ1) is 23.1. The first-order chi connectivity index (χ1) is 13.5. The van der Waals surface area contributed by atoms with Gasteiger partial charge in [-0.2, -0.15) is 0 Å². The van der Waals surface area contributed by atoms with Crippen molar-refractivity contribution in [2.24, 2.45) is 17.6 Å². The van der Waals surface area contributed by atoms with E-state index < -0.39 is 47.9 Å². The molecular weight excluding hydrogens is 380 g/mol. The normalized spacial score (nSPS) is 26.0. The van der Waals surface area contributed by atoms with Crippen molar-refractivity contribution in [2.45, 2.75) is 64.3 Å². The maximum Gasteiger partial charge on any atom is 0.245 e. The second-order valence-corrected chi connectivity index (χ2v) is 8.12. The number of aliphatic hydroxyl groups excluding tert-OH is 2. The molecule has 10 heteroatoms. The number of hydrogen-bond donors (Lipinski definition) is 4. The number of amides is 4. The summed E-state index contributed by atoms with van der Waals surface area (Å²) in [6, 6.07) is -1.77. The molecule has 0 aliphatic carbocycles. The number of primary amides is 1. The summed E-state index contributed by atoms with van der Waals surface area (Å²) in [5, 5.41) is 21.7. The van der Waals surface area contributed by atoms with Gasteiger partial charge in [0.05, 0.1) is 24.0 Å². The molecule has 0 aromatic carbocycles. The number of hydrogen-bond acceptors (Lipinski definition) is 6. The number of nitrogens with zero attached hydrogens (tertiary/aromatic N) is 2. The van der Waals surface area contributed by atoms with E-state index in [0.717, 1.165) is 0 Å². The average molecular weight is 412 g/mol. The number of rotatable bonds is 7. The Morgan fingerprint density at radius 2 is 1.69 bits per heavy atom. The molecule has 29 heavy (non-hydrogen) atoms. The Morgan fingerprint density at radius 1 is 1.03 bits per heavy atom. The maximum atomic E-state index is 13.0. The topological polar surface area (TPSA) is 153 Å². The minimum atomic E-state index is -1.18. The number of carbonyl (C=O) groups excluding carboxylic acids is 4. The molecule has 5 N–H and O–H groups in total. The highest BCUT2D eigenvalue weighted by atomic mass is 16.3. The van der Waals surface area contributed by atoms with Gasteiger partial charge in [0.1, 0.15) is 12.1 Å². The van der Waals surface area contributed by atoms with Gasteiger partial charge in [0, 0.05) is 19.6 Å². The van der Waals surface area contributed by atoms with Gasteiger partial charge < -0.3 is 31.1 Å². The lowest BCUT2D eigenvalue weighted by Gasteiger charge is -2.30. The fraction of sp³-hybridized carbons (Fsp3) is 0.789. The van der Waals surface area contributed by atoms with E-state index in [9.17, 15) is 29.4 Å². The van der Waals surface area contributed by atoms with Crippen LogP contribution in [0.2, 0.25) is 0 Å². The molecule has 2 fully saturated rings. The van der Waals surface area contributed by atoms with Gasteiger partial charge in [0.25, 0.3) is 0 Å². The summed E-state index contributed by atoms with van der Waals surface area (Å²) in [5.41, 5.74) is 5.20. The third kappa shape index (κ3) is 5.24. The van der Waals surface area contributed by atoms with E-state index in [1.165, 1.54) is 11.8 Å². The van der Waals surface area contributed by atoms with Gasteiger partial charge in [0.2, 0.25) is 23.6 Å². The Labute approximate surface area is 170 Å². The Hall–Kier alpha value is -2.20. The van der Waals surface area contributed by atoms with Gasteiger partial charge in [-0.25, -0.2) is 0 Å². The first-order valence-electron chi connectivity index (χ1n) is 10.1. The van der Waals surface area contributed by atoms with Crippen molar-refractivity contribution >= 4 is 23.6 Å². The second-order valence-electron chi connectivity index (χ2n) is 8.12. The van der Waals surface area contributed by atoms with Gasteiger partial charge in [-0.15, -0.1) is 0 Å². The van der Waals surface area contributed by atoms with E-state index in [2.05, 4.69) is 5.32 Å². The highest BCUT2D eigenvalue weighted by Gasteiger charge is 2.41. The zero-order chi connectivity index (χ0) is 21.9. The molecule has 0 aromatic rings. The molecule has 164 valence electrons. The van der Waals surface area contributed by atoms with E-state index in [1.54, 1.807) is 18.7 Å². The largest absolute Gasteiger partial charge is 0.393 e. The van der Waals surface area contributed by atoms with Crippen molar-refractivity contribution in [3.05, 3.63) is 0 Å². The van der Waals surface area contributed by atoms with Crippen LogP contribution in [0.1, 0.15) is 40.0 Å². The zero-order valence-corrected chi connectivity index (χ0v) is 17.2. The molecule has 2 rings (SSSR count). The lowest BCUT2D eigenvalue weighted by Crippen LogP contribution is -2.53. The van der Waals surface area contributed by atoms with Gasteiger partial charge in [-0.05, 0) is 33.1 Å². The summed E-state index contributed by atoms with van der Waals surface area (Å²) in [6.45, 7) is 5.57. The summed E-state index contributed by atoms with van der Waals surface area (Å²) >= 11 is 0. The van der Waals surface area contributed by atoms with Crippen LogP contribution in [0.3, 0.4) is 0 Å². The van der Waals surface area contributed by atoms with Gasteiger partial charge in [0.15, 0.2) is 0 Å². The number of nitrogens with one attached hydrogen (secondary N) is 1. The van der Waals surface area contributed by atoms with Gasteiger partial charge in [-0.3, -0.25) is 19.2 Å². The van der Waals surface area contributed by atoms with Crippen LogP contribution in [0.15, 0.2) is 0 Å². The summed E-state index contributed by atoms with van der Waals surface area (Å²) in [4.78, 5) is 52.5. The standard InChI is InChI=1S/C19H32N4O6/c1-10(11(2)24)18(28)23-7-4-5-14(23)19(29)22-8-6-13(9-22)17(27)21-15(12(3)25)16(20)26/h10-15,24-25H,4-9H2,1-3H3,(H2,20,26)(H,21,27)/t10-,11+,12+,13+,14-,15?/m0/s1. The van der Waals surface area contributed by atoms with Crippen LogP contribution >= 0.6 is 0 Å². The molecule has 2 aliphatic heterocycles. The molecular formula is C19H32N4O6. The zero-order valence-electron chi connectivity index (χ0n) is 17.2. The van der Waals surface area contributed by atoms with Gasteiger partial charge in [-0.1, -0.05) is 6.92 Å².